The van der Waals surface area contributed by atoms with Crippen LogP contribution in [0.5, 0.6) is 0 Å². The van der Waals surface area contributed by atoms with E-state index in [1.165, 1.54) is 11.3 Å². The second kappa shape index (κ2) is 6.27. The molecule has 0 aliphatic carbocycles. The second-order valence-electron chi connectivity index (χ2n) is 4.64. The summed E-state index contributed by atoms with van der Waals surface area (Å²) in [6, 6.07) is 8.28. The van der Waals surface area contributed by atoms with Crippen LogP contribution in [-0.4, -0.2) is 19.8 Å². The van der Waals surface area contributed by atoms with E-state index < -0.39 is 0 Å². The molecule has 1 aliphatic heterocycles. The largest absolute Gasteiger partial charge is 0.384 e. The number of para-hydroxylation sites is 1. The molecule has 1 N–H and O–H groups in total. The lowest BCUT2D eigenvalue weighted by atomic mass is 10.00. The molecule has 1 unspecified atom stereocenters. The minimum Gasteiger partial charge on any atom is -0.384 e. The van der Waals surface area contributed by atoms with E-state index in [1.54, 1.807) is 0 Å². The maximum Gasteiger partial charge on any atom is 0.0577 e. The number of alkyl halides is 1. The number of anilines is 1. The molecule has 2 rings (SSSR count). The molecular weight excluding hydrogens is 234 g/mol. The number of rotatable bonds is 4. The number of ether oxygens (including phenoxy) is 1. The first-order chi connectivity index (χ1) is 8.27. The molecule has 1 aromatic rings. The van der Waals surface area contributed by atoms with Crippen molar-refractivity contribution in [2.75, 3.05) is 25.1 Å². The molecule has 17 heavy (non-hydrogen) atoms. The Morgan fingerprint density at radius 1 is 1.35 bits per heavy atom. The fraction of sp³-hybridized carbons (Fsp3) is 0.571. The van der Waals surface area contributed by atoms with Crippen molar-refractivity contribution in [3.8, 4) is 0 Å². The van der Waals surface area contributed by atoms with Gasteiger partial charge in [0.15, 0.2) is 0 Å². The average molecular weight is 254 g/mol. The van der Waals surface area contributed by atoms with Gasteiger partial charge in [-0.25, -0.2) is 0 Å². The molecule has 0 amide bonds. The number of hydrogen-bond acceptors (Lipinski definition) is 2. The lowest BCUT2D eigenvalue weighted by molar-refractivity contribution is 0.0699. The van der Waals surface area contributed by atoms with Crippen LogP contribution in [0.2, 0.25) is 0 Å². The third kappa shape index (κ3) is 3.62. The van der Waals surface area contributed by atoms with E-state index >= 15 is 0 Å². The summed E-state index contributed by atoms with van der Waals surface area (Å²) in [6.07, 6.45) is 2.32. The van der Waals surface area contributed by atoms with Crippen molar-refractivity contribution >= 4 is 17.3 Å². The van der Waals surface area contributed by atoms with Gasteiger partial charge in [-0.3, -0.25) is 0 Å². The molecule has 1 fully saturated rings. The van der Waals surface area contributed by atoms with E-state index in [2.05, 4.69) is 23.5 Å². The van der Waals surface area contributed by atoms with E-state index in [0.717, 1.165) is 38.5 Å². The molecule has 94 valence electrons. The van der Waals surface area contributed by atoms with Crippen LogP contribution in [0.1, 0.15) is 30.7 Å². The maximum absolute atomic E-state index is 6.17. The van der Waals surface area contributed by atoms with Crippen molar-refractivity contribution < 1.29 is 4.74 Å². The molecule has 0 saturated carbocycles. The molecule has 0 spiro atoms. The van der Waals surface area contributed by atoms with Gasteiger partial charge in [0.2, 0.25) is 0 Å². The summed E-state index contributed by atoms with van der Waals surface area (Å²) in [5, 5.41) is 3.57. The zero-order chi connectivity index (χ0) is 12.1. The molecule has 0 radical (unpaired) electrons. The first kappa shape index (κ1) is 12.7. The molecule has 1 heterocycles. The lowest BCUT2D eigenvalue weighted by Crippen LogP contribution is -2.23. The number of nitrogens with one attached hydrogen (secondary N) is 1. The summed E-state index contributed by atoms with van der Waals surface area (Å²) >= 11 is 6.17. The van der Waals surface area contributed by atoms with Crippen LogP contribution in [0.4, 0.5) is 5.69 Å². The van der Waals surface area contributed by atoms with Gasteiger partial charge in [-0.15, -0.1) is 11.6 Å². The molecule has 0 bridgehead atoms. The van der Waals surface area contributed by atoms with E-state index in [1.807, 2.05) is 13.0 Å². The molecule has 1 aromatic carbocycles. The Kier molecular flexibility index (Phi) is 4.69. The predicted octanol–water partition coefficient (Wildman–Crippen LogP) is 3.82. The Morgan fingerprint density at radius 3 is 2.76 bits per heavy atom. The van der Waals surface area contributed by atoms with Gasteiger partial charge in [0, 0.05) is 25.4 Å². The smallest absolute Gasteiger partial charge is 0.0577 e. The summed E-state index contributed by atoms with van der Waals surface area (Å²) in [5.41, 5.74) is 2.35. The molecule has 1 atom stereocenters. The van der Waals surface area contributed by atoms with Gasteiger partial charge < -0.3 is 10.1 Å². The molecule has 0 aromatic heterocycles. The van der Waals surface area contributed by atoms with Crippen LogP contribution in [0, 0.1) is 5.92 Å². The maximum atomic E-state index is 6.17. The number of halogens is 1. The van der Waals surface area contributed by atoms with E-state index in [4.69, 9.17) is 16.3 Å². The van der Waals surface area contributed by atoms with Crippen LogP contribution in [0.3, 0.4) is 0 Å². The Hall–Kier alpha value is -0.730. The molecule has 3 heteroatoms. The van der Waals surface area contributed by atoms with Crippen molar-refractivity contribution in [3.63, 3.8) is 0 Å². The van der Waals surface area contributed by atoms with E-state index in [0.29, 0.717) is 0 Å². The highest BCUT2D eigenvalue weighted by atomic mass is 35.5. The monoisotopic (exact) mass is 253 g/mol. The van der Waals surface area contributed by atoms with Crippen molar-refractivity contribution in [1.29, 1.82) is 0 Å². The third-order valence-corrected chi connectivity index (χ3v) is 3.55. The third-order valence-electron chi connectivity index (χ3n) is 3.31. The summed E-state index contributed by atoms with van der Waals surface area (Å²) in [6.45, 7) is 4.83. The van der Waals surface area contributed by atoms with Gasteiger partial charge in [-0.05, 0) is 37.3 Å². The van der Waals surface area contributed by atoms with Crippen LogP contribution in [-0.2, 0) is 4.74 Å². The van der Waals surface area contributed by atoms with Crippen molar-refractivity contribution in [1.82, 2.24) is 0 Å². The fourth-order valence-electron chi connectivity index (χ4n) is 2.21. The highest BCUT2D eigenvalue weighted by Crippen LogP contribution is 2.27. The van der Waals surface area contributed by atoms with Gasteiger partial charge in [-0.1, -0.05) is 18.2 Å². The van der Waals surface area contributed by atoms with Crippen LogP contribution < -0.4 is 5.32 Å². The zero-order valence-electron chi connectivity index (χ0n) is 10.3. The van der Waals surface area contributed by atoms with Crippen LogP contribution in [0.15, 0.2) is 24.3 Å². The minimum absolute atomic E-state index is 0.0494. The second-order valence-corrected chi connectivity index (χ2v) is 5.29. The van der Waals surface area contributed by atoms with E-state index in [9.17, 15) is 0 Å². The normalized spacial score (nSPS) is 18.9. The quantitative estimate of drug-likeness (QED) is 0.824. The Morgan fingerprint density at radius 2 is 2.06 bits per heavy atom. The van der Waals surface area contributed by atoms with Gasteiger partial charge in [0.1, 0.15) is 0 Å². The highest BCUT2D eigenvalue weighted by Gasteiger charge is 2.14. The number of hydrogen-bond donors (Lipinski definition) is 1. The van der Waals surface area contributed by atoms with Gasteiger partial charge in [0.25, 0.3) is 0 Å². The average Bonchev–Trinajstić information content (AvgIpc) is 2.38. The van der Waals surface area contributed by atoms with Crippen molar-refractivity contribution in [2.24, 2.45) is 5.92 Å². The molecule has 2 nitrogen and oxygen atoms in total. The minimum atomic E-state index is 0.0494. The van der Waals surface area contributed by atoms with Crippen molar-refractivity contribution in [3.05, 3.63) is 29.8 Å². The zero-order valence-corrected chi connectivity index (χ0v) is 11.0. The van der Waals surface area contributed by atoms with Crippen molar-refractivity contribution in [2.45, 2.75) is 25.1 Å². The predicted molar refractivity (Wildman–Crippen MR) is 72.7 cm³/mol. The summed E-state index contributed by atoms with van der Waals surface area (Å²) in [7, 11) is 0. The fourth-order valence-corrected chi connectivity index (χ4v) is 2.40. The Bertz CT molecular complexity index is 348. The lowest BCUT2D eigenvalue weighted by Gasteiger charge is -2.23. The Labute approximate surface area is 108 Å². The summed E-state index contributed by atoms with van der Waals surface area (Å²) in [4.78, 5) is 0. The first-order valence-corrected chi connectivity index (χ1v) is 6.75. The SMILES string of the molecule is CC(Cl)c1ccccc1NCC1CCOCC1. The number of benzene rings is 1. The van der Waals surface area contributed by atoms with E-state index in [-0.39, 0.29) is 5.38 Å². The molecule has 1 aliphatic rings. The van der Waals surface area contributed by atoms with Gasteiger partial charge >= 0.3 is 0 Å². The van der Waals surface area contributed by atoms with Crippen LogP contribution in [0.25, 0.3) is 0 Å². The summed E-state index contributed by atoms with van der Waals surface area (Å²) < 4.78 is 5.36. The molecule has 1 saturated heterocycles. The standard InChI is InChI=1S/C14H20ClNO/c1-11(15)13-4-2-3-5-14(13)16-10-12-6-8-17-9-7-12/h2-5,11-12,16H,6-10H2,1H3. The summed E-state index contributed by atoms with van der Waals surface area (Å²) in [5.74, 6) is 0.724. The van der Waals surface area contributed by atoms with Crippen LogP contribution >= 0.6 is 11.6 Å². The van der Waals surface area contributed by atoms with Gasteiger partial charge in [0.05, 0.1) is 5.38 Å². The topological polar surface area (TPSA) is 21.3 Å². The Balaban J connectivity index is 1.93. The highest BCUT2D eigenvalue weighted by molar-refractivity contribution is 6.21. The first-order valence-electron chi connectivity index (χ1n) is 6.32. The van der Waals surface area contributed by atoms with Gasteiger partial charge in [-0.2, -0.15) is 0 Å². The molecular formula is C14H20ClNO.